The molecule has 2 heterocycles. The number of aliphatic hydroxyl groups is 1. The Hall–Kier alpha value is -2.23. The zero-order valence-corrected chi connectivity index (χ0v) is 19.8. The highest BCUT2D eigenvalue weighted by Crippen LogP contribution is 2.28. The first kappa shape index (κ1) is 24.4. The molecule has 4 rings (SSSR count). The summed E-state index contributed by atoms with van der Waals surface area (Å²) in [7, 11) is 1.60. The van der Waals surface area contributed by atoms with E-state index in [1.165, 1.54) is 9.47 Å². The fourth-order valence-corrected chi connectivity index (χ4v) is 3.86. The maximum atomic E-state index is 12.9. The van der Waals surface area contributed by atoms with Crippen molar-refractivity contribution < 1.29 is 14.3 Å². The largest absolute Gasteiger partial charge is 0.420 e. The van der Waals surface area contributed by atoms with Gasteiger partial charge in [-0.15, -0.1) is 12.4 Å². The summed E-state index contributed by atoms with van der Waals surface area (Å²) in [5.41, 5.74) is 2.09. The number of carbonyl (C=O) groups excluding carboxylic acids is 1. The number of benzene rings is 2. The maximum absolute atomic E-state index is 12.9. The Bertz CT molecular complexity index is 1360. The normalized spacial score (nSPS) is 11.2. The van der Waals surface area contributed by atoms with Gasteiger partial charge in [0.1, 0.15) is 12.4 Å². The summed E-state index contributed by atoms with van der Waals surface area (Å²) >= 11 is 18.2. The number of imidazole rings is 1. The van der Waals surface area contributed by atoms with E-state index in [1.807, 2.05) is 0 Å². The van der Waals surface area contributed by atoms with Gasteiger partial charge in [0, 0.05) is 18.6 Å². The van der Waals surface area contributed by atoms with Gasteiger partial charge < -0.3 is 19.0 Å². The van der Waals surface area contributed by atoms with Crippen molar-refractivity contribution in [1.82, 2.24) is 19.0 Å². The highest BCUT2D eigenvalue weighted by molar-refractivity contribution is 6.42. The molecule has 32 heavy (non-hydrogen) atoms. The number of rotatable bonds is 6. The van der Waals surface area contributed by atoms with E-state index in [-0.39, 0.29) is 44.6 Å². The molecule has 1 N–H and O–H groups in total. The highest BCUT2D eigenvalue weighted by atomic mass is 35.5. The third-order valence-corrected chi connectivity index (χ3v) is 5.88. The highest BCUT2D eigenvalue weighted by Gasteiger charge is 2.19. The minimum Gasteiger partial charge on any atom is -0.408 e. The lowest BCUT2D eigenvalue weighted by atomic mass is 10.3. The predicted molar refractivity (Wildman–Crippen MR) is 126 cm³/mol. The smallest absolute Gasteiger partial charge is 0.408 e. The number of aromatic nitrogens is 3. The third kappa shape index (κ3) is 4.60. The predicted octanol–water partition coefficient (Wildman–Crippen LogP) is 3.98. The fourth-order valence-electron chi connectivity index (χ4n) is 3.38. The molecule has 12 heteroatoms. The third-order valence-electron chi connectivity index (χ3n) is 4.92. The Morgan fingerprint density at radius 2 is 1.84 bits per heavy atom. The van der Waals surface area contributed by atoms with Crippen LogP contribution in [0.1, 0.15) is 5.82 Å². The zero-order chi connectivity index (χ0) is 22.3. The summed E-state index contributed by atoms with van der Waals surface area (Å²) in [5, 5.41) is 10.6. The van der Waals surface area contributed by atoms with Crippen LogP contribution in [-0.4, -0.2) is 43.7 Å². The van der Waals surface area contributed by atoms with Crippen LogP contribution in [0.4, 0.5) is 0 Å². The van der Waals surface area contributed by atoms with Crippen LogP contribution in [0.25, 0.3) is 22.1 Å². The topological polar surface area (TPSA) is 93.5 Å². The van der Waals surface area contributed by atoms with Crippen molar-refractivity contribution in [3.8, 4) is 0 Å². The summed E-state index contributed by atoms with van der Waals surface area (Å²) in [6.07, 6.45) is 0. The average molecular weight is 520 g/mol. The molecule has 0 fully saturated rings. The summed E-state index contributed by atoms with van der Waals surface area (Å²) < 4.78 is 8.19. The van der Waals surface area contributed by atoms with Crippen molar-refractivity contribution in [2.75, 3.05) is 13.7 Å². The molecule has 0 atom stereocenters. The monoisotopic (exact) mass is 518 g/mol. The summed E-state index contributed by atoms with van der Waals surface area (Å²) in [6, 6.07) is 8.07. The van der Waals surface area contributed by atoms with Crippen LogP contribution in [0.2, 0.25) is 15.1 Å². The van der Waals surface area contributed by atoms with Crippen molar-refractivity contribution in [1.29, 1.82) is 0 Å². The van der Waals surface area contributed by atoms with Gasteiger partial charge in [-0.05, 0) is 30.3 Å². The number of carbonyl (C=O) groups is 1. The van der Waals surface area contributed by atoms with E-state index in [1.54, 1.807) is 41.9 Å². The van der Waals surface area contributed by atoms with Crippen LogP contribution in [-0.2, 0) is 24.4 Å². The number of nitrogens with zero attached hydrogens (tertiary/aromatic N) is 4. The number of hydrogen-bond acceptors (Lipinski definition) is 5. The first-order chi connectivity index (χ1) is 14.8. The van der Waals surface area contributed by atoms with Gasteiger partial charge in [-0.25, -0.2) is 9.78 Å². The molecule has 0 unspecified atom stereocenters. The number of likely N-dealkylation sites (N-methyl/N-ethyl adjacent to an activating group) is 1. The number of fused-ring (bicyclic) bond motifs is 2. The van der Waals surface area contributed by atoms with Crippen LogP contribution in [0.5, 0.6) is 0 Å². The van der Waals surface area contributed by atoms with E-state index >= 15 is 0 Å². The number of amides is 1. The first-order valence-corrected chi connectivity index (χ1v) is 10.4. The van der Waals surface area contributed by atoms with Gasteiger partial charge in [0.25, 0.3) is 0 Å². The SMILES string of the molecule is CN(Cc1nc2cc(Cl)c(Cl)cc2n1CCO)C(=O)Cn1c(=O)oc2ccc(Cl)cc21.Cl. The van der Waals surface area contributed by atoms with E-state index in [0.717, 1.165) is 0 Å². The fraction of sp³-hybridized carbons (Fsp3) is 0.250. The molecule has 170 valence electrons. The average Bonchev–Trinajstić information content (AvgIpc) is 3.19. The lowest BCUT2D eigenvalue weighted by Crippen LogP contribution is -2.33. The van der Waals surface area contributed by atoms with Crippen molar-refractivity contribution in [2.24, 2.45) is 0 Å². The van der Waals surface area contributed by atoms with E-state index in [9.17, 15) is 14.7 Å². The van der Waals surface area contributed by atoms with E-state index < -0.39 is 5.76 Å². The number of aliphatic hydroxyl groups excluding tert-OH is 1. The second kappa shape index (κ2) is 9.72. The molecule has 2 aromatic heterocycles. The lowest BCUT2D eigenvalue weighted by molar-refractivity contribution is -0.131. The first-order valence-electron chi connectivity index (χ1n) is 9.26. The van der Waals surface area contributed by atoms with Crippen LogP contribution in [0.15, 0.2) is 39.5 Å². The van der Waals surface area contributed by atoms with E-state index in [0.29, 0.717) is 43.0 Å². The van der Waals surface area contributed by atoms with Gasteiger partial charge in [0.15, 0.2) is 5.58 Å². The Kier molecular flexibility index (Phi) is 7.42. The van der Waals surface area contributed by atoms with Crippen molar-refractivity contribution in [2.45, 2.75) is 19.6 Å². The molecule has 0 aliphatic rings. The van der Waals surface area contributed by atoms with Crippen LogP contribution >= 0.6 is 47.2 Å². The molecule has 0 spiro atoms. The molecule has 4 aromatic rings. The van der Waals surface area contributed by atoms with Gasteiger partial charge >= 0.3 is 5.76 Å². The Morgan fingerprint density at radius 1 is 1.12 bits per heavy atom. The molecular formula is C20H18Cl4N4O4. The van der Waals surface area contributed by atoms with Gasteiger partial charge in [-0.3, -0.25) is 9.36 Å². The van der Waals surface area contributed by atoms with Gasteiger partial charge in [-0.1, -0.05) is 34.8 Å². The summed E-state index contributed by atoms with van der Waals surface area (Å²) in [6.45, 7) is 0.0816. The lowest BCUT2D eigenvalue weighted by Gasteiger charge is -2.18. The molecular weight excluding hydrogens is 502 g/mol. The molecule has 2 aromatic carbocycles. The summed E-state index contributed by atoms with van der Waals surface area (Å²) in [5.74, 6) is -0.426. The molecule has 0 bridgehead atoms. The Balaban J connectivity index is 0.00000289. The molecule has 1 amide bonds. The number of halogens is 4. The molecule has 0 aliphatic heterocycles. The number of hydrogen-bond donors (Lipinski definition) is 1. The maximum Gasteiger partial charge on any atom is 0.420 e. The minimum atomic E-state index is -0.643. The summed E-state index contributed by atoms with van der Waals surface area (Å²) in [4.78, 5) is 31.0. The van der Waals surface area contributed by atoms with E-state index in [4.69, 9.17) is 39.2 Å². The van der Waals surface area contributed by atoms with Crippen molar-refractivity contribution in [3.05, 3.63) is 61.8 Å². The van der Waals surface area contributed by atoms with Crippen molar-refractivity contribution >= 4 is 75.3 Å². The Morgan fingerprint density at radius 3 is 2.56 bits per heavy atom. The van der Waals surface area contributed by atoms with Gasteiger partial charge in [-0.2, -0.15) is 0 Å². The second-order valence-electron chi connectivity index (χ2n) is 6.97. The standard InChI is InChI=1S/C20H17Cl3N4O4.ClH/c1-25(19(29)10-27-16-6-11(21)2-3-17(16)31-20(27)30)9-18-24-14-7-12(22)13(23)8-15(14)26(18)4-5-28;/h2-3,6-8,28H,4-5,9-10H2,1H3;1H. The quantitative estimate of drug-likeness (QED) is 0.416. The Labute approximate surface area is 203 Å². The molecule has 0 radical (unpaired) electrons. The minimum absolute atomic E-state index is 0. The molecule has 0 saturated heterocycles. The second-order valence-corrected chi connectivity index (χ2v) is 8.23. The zero-order valence-electron chi connectivity index (χ0n) is 16.7. The molecule has 0 aliphatic carbocycles. The van der Waals surface area contributed by atoms with Crippen LogP contribution in [0, 0.1) is 0 Å². The van der Waals surface area contributed by atoms with Gasteiger partial charge in [0.2, 0.25) is 5.91 Å². The van der Waals surface area contributed by atoms with Crippen molar-refractivity contribution in [3.63, 3.8) is 0 Å². The van der Waals surface area contributed by atoms with Gasteiger partial charge in [0.05, 0.1) is 39.7 Å². The number of oxazole rings is 1. The molecule has 0 saturated carbocycles. The van der Waals surface area contributed by atoms with E-state index in [2.05, 4.69) is 4.98 Å². The van der Waals surface area contributed by atoms with Crippen LogP contribution in [0.3, 0.4) is 0 Å². The molecule has 8 nitrogen and oxygen atoms in total. The van der Waals surface area contributed by atoms with Crippen LogP contribution < -0.4 is 5.76 Å².